The van der Waals surface area contributed by atoms with Crippen LogP contribution in [-0.4, -0.2) is 43.6 Å². The van der Waals surface area contributed by atoms with Gasteiger partial charge in [0.15, 0.2) is 0 Å². The molecule has 2 saturated heterocycles. The van der Waals surface area contributed by atoms with E-state index in [9.17, 15) is 0 Å². The normalized spacial score (nSPS) is 23.9. The molecule has 3 heterocycles. The van der Waals surface area contributed by atoms with Gasteiger partial charge in [-0.2, -0.15) is 4.98 Å². The van der Waals surface area contributed by atoms with Gasteiger partial charge < -0.3 is 19.3 Å². The topological polar surface area (TPSA) is 69.4 Å². The molecule has 112 valence electrons. The zero-order valence-corrected chi connectivity index (χ0v) is 12.1. The minimum Gasteiger partial charge on any atom is -0.381 e. The summed E-state index contributed by atoms with van der Waals surface area (Å²) in [7, 11) is 1.72. The number of hydrogen-bond donors (Lipinski definition) is 1. The highest BCUT2D eigenvalue weighted by atomic mass is 16.5. The van der Waals surface area contributed by atoms with Gasteiger partial charge in [-0.25, -0.2) is 0 Å². The van der Waals surface area contributed by atoms with Gasteiger partial charge >= 0.3 is 0 Å². The first kappa shape index (κ1) is 14.0. The van der Waals surface area contributed by atoms with Crippen molar-refractivity contribution < 1.29 is 14.0 Å². The molecule has 0 spiro atoms. The molecule has 6 nitrogen and oxygen atoms in total. The molecule has 1 aromatic heterocycles. The standard InChI is InChI=1S/C14H23N3O3/c1-18-14(4-8-19-9-5-14)13-16-12(20-17-13)10-11-2-6-15-7-3-11/h11,15H,2-10H2,1H3. The number of hydrogen-bond acceptors (Lipinski definition) is 6. The molecule has 2 fully saturated rings. The van der Waals surface area contributed by atoms with Crippen molar-refractivity contribution in [1.82, 2.24) is 15.5 Å². The molecule has 0 radical (unpaired) electrons. The molecule has 2 aliphatic rings. The lowest BCUT2D eigenvalue weighted by atomic mass is 9.93. The number of nitrogens with one attached hydrogen (secondary N) is 1. The summed E-state index contributed by atoms with van der Waals surface area (Å²) >= 11 is 0. The van der Waals surface area contributed by atoms with Crippen LogP contribution < -0.4 is 5.32 Å². The summed E-state index contributed by atoms with van der Waals surface area (Å²) < 4.78 is 16.5. The third-order valence-corrected chi connectivity index (χ3v) is 4.49. The lowest BCUT2D eigenvalue weighted by molar-refractivity contribution is -0.101. The van der Waals surface area contributed by atoms with Crippen molar-refractivity contribution in [2.75, 3.05) is 33.4 Å². The molecule has 0 bridgehead atoms. The third-order valence-electron chi connectivity index (χ3n) is 4.49. The Morgan fingerprint density at radius 3 is 2.75 bits per heavy atom. The smallest absolute Gasteiger partial charge is 0.227 e. The average Bonchev–Trinajstić information content (AvgIpc) is 2.98. The van der Waals surface area contributed by atoms with Gasteiger partial charge in [0.2, 0.25) is 11.7 Å². The lowest BCUT2D eigenvalue weighted by Gasteiger charge is -2.32. The van der Waals surface area contributed by atoms with Gasteiger partial charge in [0.25, 0.3) is 0 Å². The first-order valence-electron chi connectivity index (χ1n) is 7.49. The molecule has 2 aliphatic heterocycles. The van der Waals surface area contributed by atoms with Crippen molar-refractivity contribution in [1.29, 1.82) is 0 Å². The van der Waals surface area contributed by atoms with Gasteiger partial charge in [0.05, 0.1) is 0 Å². The zero-order chi connectivity index (χ0) is 13.8. The zero-order valence-electron chi connectivity index (χ0n) is 12.1. The molecule has 6 heteroatoms. The Kier molecular flexibility index (Phi) is 4.33. The Balaban J connectivity index is 1.68. The van der Waals surface area contributed by atoms with Crippen LogP contribution in [0.3, 0.4) is 0 Å². The first-order chi connectivity index (χ1) is 9.82. The third kappa shape index (κ3) is 2.87. The predicted octanol–water partition coefficient (Wildman–Crippen LogP) is 1.26. The SMILES string of the molecule is COC1(c2noc(CC3CCNCC3)n2)CCOCC1. The molecular formula is C14H23N3O3. The average molecular weight is 281 g/mol. The van der Waals surface area contributed by atoms with Gasteiger partial charge in [-0.3, -0.25) is 0 Å². The van der Waals surface area contributed by atoms with Gasteiger partial charge in [-0.05, 0) is 31.8 Å². The Bertz CT molecular complexity index is 423. The fraction of sp³-hybridized carbons (Fsp3) is 0.857. The number of piperidine rings is 1. The van der Waals surface area contributed by atoms with Crippen molar-refractivity contribution >= 4 is 0 Å². The maximum absolute atomic E-state index is 5.69. The van der Waals surface area contributed by atoms with Crippen LogP contribution in [0.4, 0.5) is 0 Å². The molecule has 0 aliphatic carbocycles. The van der Waals surface area contributed by atoms with E-state index in [1.54, 1.807) is 7.11 Å². The van der Waals surface area contributed by atoms with Gasteiger partial charge in [0, 0.05) is 39.6 Å². The van der Waals surface area contributed by atoms with Crippen molar-refractivity contribution in [2.24, 2.45) is 5.92 Å². The highest BCUT2D eigenvalue weighted by molar-refractivity contribution is 5.03. The number of ether oxygens (including phenoxy) is 2. The van der Waals surface area contributed by atoms with E-state index in [0.717, 1.165) is 38.2 Å². The van der Waals surface area contributed by atoms with Crippen LogP contribution in [0, 0.1) is 5.92 Å². The van der Waals surface area contributed by atoms with E-state index in [0.29, 0.717) is 25.0 Å². The summed E-state index contributed by atoms with van der Waals surface area (Å²) in [6.45, 7) is 3.55. The number of nitrogens with zero attached hydrogens (tertiary/aromatic N) is 2. The van der Waals surface area contributed by atoms with Crippen molar-refractivity contribution in [3.05, 3.63) is 11.7 Å². The van der Waals surface area contributed by atoms with Crippen LogP contribution in [0.25, 0.3) is 0 Å². The Morgan fingerprint density at radius 2 is 2.05 bits per heavy atom. The van der Waals surface area contributed by atoms with Gasteiger partial charge in [-0.1, -0.05) is 5.16 Å². The maximum Gasteiger partial charge on any atom is 0.227 e. The summed E-state index contributed by atoms with van der Waals surface area (Å²) in [6, 6.07) is 0. The van der Waals surface area contributed by atoms with Crippen LogP contribution in [0.5, 0.6) is 0 Å². The summed E-state index contributed by atoms with van der Waals surface area (Å²) in [4.78, 5) is 4.59. The highest BCUT2D eigenvalue weighted by Crippen LogP contribution is 2.33. The van der Waals surface area contributed by atoms with E-state index < -0.39 is 5.60 Å². The first-order valence-corrected chi connectivity index (χ1v) is 7.49. The molecule has 1 N–H and O–H groups in total. The fourth-order valence-corrected chi connectivity index (χ4v) is 3.08. The molecule has 0 unspecified atom stereocenters. The minimum atomic E-state index is -0.422. The Hall–Kier alpha value is -0.980. The van der Waals surface area contributed by atoms with Crippen LogP contribution in [-0.2, 0) is 21.5 Å². The monoisotopic (exact) mass is 281 g/mol. The number of methoxy groups -OCH3 is 1. The van der Waals surface area contributed by atoms with Crippen LogP contribution >= 0.6 is 0 Å². The van der Waals surface area contributed by atoms with Crippen molar-refractivity contribution in [3.63, 3.8) is 0 Å². The summed E-state index contributed by atoms with van der Waals surface area (Å²) in [5.41, 5.74) is -0.422. The lowest BCUT2D eigenvalue weighted by Crippen LogP contribution is -2.36. The highest BCUT2D eigenvalue weighted by Gasteiger charge is 2.39. The summed E-state index contributed by atoms with van der Waals surface area (Å²) in [5.74, 6) is 2.08. The van der Waals surface area contributed by atoms with E-state index in [2.05, 4.69) is 15.5 Å². The van der Waals surface area contributed by atoms with Crippen LogP contribution in [0.1, 0.15) is 37.4 Å². The van der Waals surface area contributed by atoms with Gasteiger partial charge in [-0.15, -0.1) is 0 Å². The minimum absolute atomic E-state index is 0.422. The summed E-state index contributed by atoms with van der Waals surface area (Å²) in [5, 5.41) is 7.54. The van der Waals surface area contributed by atoms with Crippen LogP contribution in [0.15, 0.2) is 4.52 Å². The Labute approximate surface area is 119 Å². The molecular weight excluding hydrogens is 258 g/mol. The van der Waals surface area contributed by atoms with Gasteiger partial charge in [0.1, 0.15) is 5.60 Å². The number of rotatable bonds is 4. The molecule has 0 aromatic carbocycles. The van der Waals surface area contributed by atoms with E-state index in [4.69, 9.17) is 14.0 Å². The quantitative estimate of drug-likeness (QED) is 0.896. The molecule has 1 aromatic rings. The van der Waals surface area contributed by atoms with E-state index in [1.807, 2.05) is 0 Å². The second-order valence-corrected chi connectivity index (χ2v) is 5.72. The van der Waals surface area contributed by atoms with Crippen molar-refractivity contribution in [3.8, 4) is 0 Å². The van der Waals surface area contributed by atoms with Crippen LogP contribution in [0.2, 0.25) is 0 Å². The second-order valence-electron chi connectivity index (χ2n) is 5.72. The van der Waals surface area contributed by atoms with E-state index in [1.165, 1.54) is 12.8 Å². The molecule has 0 saturated carbocycles. The Morgan fingerprint density at radius 1 is 1.30 bits per heavy atom. The predicted molar refractivity (Wildman–Crippen MR) is 72.3 cm³/mol. The number of aromatic nitrogens is 2. The molecule has 0 amide bonds. The summed E-state index contributed by atoms with van der Waals surface area (Å²) in [6.07, 6.45) is 4.82. The van der Waals surface area contributed by atoms with E-state index in [-0.39, 0.29) is 0 Å². The second kappa shape index (κ2) is 6.20. The van der Waals surface area contributed by atoms with Crippen molar-refractivity contribution in [2.45, 2.75) is 37.7 Å². The molecule has 20 heavy (non-hydrogen) atoms. The fourth-order valence-electron chi connectivity index (χ4n) is 3.08. The molecule has 0 atom stereocenters. The largest absolute Gasteiger partial charge is 0.381 e. The van der Waals surface area contributed by atoms with E-state index >= 15 is 0 Å². The molecule has 3 rings (SSSR count). The maximum atomic E-state index is 5.69.